The number of allylic oxidation sites excluding steroid dienone is 6. The molecule has 0 fully saturated rings. The molecule has 42 heavy (non-hydrogen) atoms. The van der Waals surface area contributed by atoms with Crippen molar-refractivity contribution in [2.24, 2.45) is 0 Å². The van der Waals surface area contributed by atoms with E-state index in [9.17, 15) is 0 Å². The fourth-order valence-corrected chi connectivity index (χ4v) is 5.27. The largest absolute Gasteiger partial charge is 1.00 e. The number of benzene rings is 2. The van der Waals surface area contributed by atoms with Gasteiger partial charge in [0.05, 0.1) is 0 Å². The van der Waals surface area contributed by atoms with E-state index < -0.39 is 0 Å². The minimum atomic E-state index is 0. The fraction of sp³-hybridized carbons (Fsp3) is 0.167. The van der Waals surface area contributed by atoms with Gasteiger partial charge in [-0.05, 0) is 47.2 Å². The first-order chi connectivity index (χ1) is 19.2. The molecule has 4 aromatic carbocycles. The third kappa shape index (κ3) is 10.2. The van der Waals surface area contributed by atoms with Crippen LogP contribution in [0.2, 0.25) is 23.1 Å². The Morgan fingerprint density at radius 1 is 0.619 bits per heavy atom. The summed E-state index contributed by atoms with van der Waals surface area (Å²) < 4.78 is 0. The van der Waals surface area contributed by atoms with Crippen LogP contribution < -0.4 is 24.8 Å². The molecule has 216 valence electrons. The summed E-state index contributed by atoms with van der Waals surface area (Å²) >= 11 is 13.7. The monoisotopic (exact) mass is 724 g/mol. The number of hydrogen-bond acceptors (Lipinski definition) is 0. The maximum absolute atomic E-state index is 5.96. The Hall–Kier alpha value is -1.64. The predicted molar refractivity (Wildman–Crippen MR) is 174 cm³/mol. The maximum Gasteiger partial charge on any atom is 0.0406 e. The number of hydrogen-bond donors (Lipinski definition) is 0. The molecule has 4 aromatic rings. The van der Waals surface area contributed by atoms with E-state index >= 15 is 0 Å². The second-order valence-electron chi connectivity index (χ2n) is 10.4. The number of fused-ring (bicyclic) bond motifs is 2. The summed E-state index contributed by atoms with van der Waals surface area (Å²) in [6.07, 6.45) is 17.3. The van der Waals surface area contributed by atoms with Crippen LogP contribution in [0.25, 0.3) is 12.2 Å². The van der Waals surface area contributed by atoms with Gasteiger partial charge >= 0.3 is 41.9 Å². The van der Waals surface area contributed by atoms with Crippen molar-refractivity contribution < 1.29 is 48.1 Å². The van der Waals surface area contributed by atoms with Crippen LogP contribution in [0.4, 0.5) is 0 Å². The van der Waals surface area contributed by atoms with Gasteiger partial charge in [-0.3, -0.25) is 0 Å². The normalized spacial score (nSPS) is 15.7. The number of aryl methyl sites for hydroxylation is 2. The topological polar surface area (TPSA) is 0 Å². The summed E-state index contributed by atoms with van der Waals surface area (Å²) in [6, 6.07) is 25.3. The molecule has 0 amide bonds. The maximum atomic E-state index is 5.96. The molecule has 0 spiro atoms. The third-order valence-corrected chi connectivity index (χ3v) is 7.21. The molecule has 0 nitrogen and oxygen atoms in total. The van der Waals surface area contributed by atoms with Gasteiger partial charge in [-0.15, -0.1) is 47.6 Å². The first-order valence-electron chi connectivity index (χ1n) is 13.5. The molecule has 2 atom stereocenters. The van der Waals surface area contributed by atoms with E-state index in [-0.39, 0.29) is 30.2 Å². The zero-order valence-electron chi connectivity index (χ0n) is 24.2. The summed E-state index contributed by atoms with van der Waals surface area (Å²) in [7, 11) is 0. The third-order valence-electron chi connectivity index (χ3n) is 6.71. The molecule has 0 saturated carbocycles. The Morgan fingerprint density at radius 2 is 0.952 bits per heavy atom. The van der Waals surface area contributed by atoms with Crippen LogP contribution in [0, 0.1) is 13.8 Å². The SMILES string of the molecule is C[Si](C)=[Zr+2].Cc1cc2c([cH-]1)C=CC=CC2c1ccc(Cl)cc1.Cc1cc2c([cH-]1)C=CC=CC2c1ccc(Cl)cc1.[Cl-].[Cl-]. The molecular formula is C36H34Cl4SiZr-2. The Bertz CT molecular complexity index is 1450. The summed E-state index contributed by atoms with van der Waals surface area (Å²) in [5.74, 6) is 0.641. The molecule has 6 heteroatoms. The van der Waals surface area contributed by atoms with Crippen molar-refractivity contribution in [3.05, 3.63) is 164 Å². The van der Waals surface area contributed by atoms with E-state index in [1.165, 1.54) is 44.5 Å². The van der Waals surface area contributed by atoms with Crippen LogP contribution >= 0.6 is 23.2 Å². The smallest absolute Gasteiger partial charge is 0.0406 e. The van der Waals surface area contributed by atoms with Gasteiger partial charge in [0.15, 0.2) is 0 Å². The van der Waals surface area contributed by atoms with Gasteiger partial charge in [0.25, 0.3) is 0 Å². The standard InChI is InChI=1S/2C17H14Cl.C2H6Si.2ClH.Zr/c2*1-12-10-14-4-2-3-5-16(17(14)11-12)13-6-8-15(18)9-7-13;1-3-2;;;/h2*2-11,16H,1H3;1-2H3;2*1H;/q2*-1;;;;+2/p-2. The van der Waals surface area contributed by atoms with Crippen LogP contribution in [-0.4, -0.2) is 5.43 Å². The first-order valence-corrected chi connectivity index (χ1v) is 20.4. The van der Waals surface area contributed by atoms with Crippen molar-refractivity contribution in [1.82, 2.24) is 0 Å². The first kappa shape index (κ1) is 36.6. The summed E-state index contributed by atoms with van der Waals surface area (Å²) in [5, 5.41) is 1.57. The molecule has 0 aliphatic heterocycles. The van der Waals surface area contributed by atoms with Gasteiger partial charge in [0, 0.05) is 10.0 Å². The van der Waals surface area contributed by atoms with Crippen molar-refractivity contribution in [2.45, 2.75) is 38.8 Å². The van der Waals surface area contributed by atoms with Crippen molar-refractivity contribution in [1.29, 1.82) is 0 Å². The molecule has 2 aliphatic rings. The average molecular weight is 728 g/mol. The van der Waals surface area contributed by atoms with Crippen LogP contribution in [0.3, 0.4) is 0 Å². The predicted octanol–water partition coefficient (Wildman–Crippen LogP) is 4.96. The number of rotatable bonds is 2. The van der Waals surface area contributed by atoms with Crippen LogP contribution in [0.1, 0.15) is 56.3 Å². The molecule has 0 aromatic heterocycles. The summed E-state index contributed by atoms with van der Waals surface area (Å²) in [5.41, 5.74) is 10.8. The second kappa shape index (κ2) is 17.6. The fourth-order valence-electron chi connectivity index (χ4n) is 5.02. The molecule has 0 heterocycles. The molecule has 0 bridgehead atoms. The molecule has 0 N–H and O–H groups in total. The minimum Gasteiger partial charge on any atom is -1.00 e. The van der Waals surface area contributed by atoms with Crippen molar-refractivity contribution in [3.8, 4) is 0 Å². The Kier molecular flexibility index (Phi) is 15.3. The number of halogens is 4. The van der Waals surface area contributed by atoms with Gasteiger partial charge < -0.3 is 24.8 Å². The zero-order valence-corrected chi connectivity index (χ0v) is 30.7. The van der Waals surface area contributed by atoms with E-state index in [0.717, 1.165) is 10.0 Å². The Morgan fingerprint density at radius 3 is 1.29 bits per heavy atom. The van der Waals surface area contributed by atoms with E-state index in [2.05, 4.69) is 124 Å². The van der Waals surface area contributed by atoms with Gasteiger partial charge in [-0.1, -0.05) is 85.6 Å². The molecule has 0 radical (unpaired) electrons. The van der Waals surface area contributed by atoms with Gasteiger partial charge in [-0.25, -0.2) is 0 Å². The zero-order chi connectivity index (χ0) is 28.6. The van der Waals surface area contributed by atoms with Gasteiger partial charge in [-0.2, -0.15) is 34.4 Å². The van der Waals surface area contributed by atoms with E-state index in [4.69, 9.17) is 23.2 Å². The van der Waals surface area contributed by atoms with Crippen LogP contribution in [0.15, 0.2) is 109 Å². The molecule has 2 unspecified atom stereocenters. The van der Waals surface area contributed by atoms with Crippen molar-refractivity contribution in [3.63, 3.8) is 0 Å². The van der Waals surface area contributed by atoms with Crippen molar-refractivity contribution in [2.75, 3.05) is 0 Å². The van der Waals surface area contributed by atoms with Gasteiger partial charge in [0.1, 0.15) is 0 Å². The van der Waals surface area contributed by atoms with Gasteiger partial charge in [0.2, 0.25) is 0 Å². The van der Waals surface area contributed by atoms with E-state index in [1.54, 1.807) is 23.3 Å². The Labute approximate surface area is 289 Å². The summed E-state index contributed by atoms with van der Waals surface area (Å²) in [4.78, 5) is 0. The average Bonchev–Trinajstić information content (AvgIpc) is 3.32. The van der Waals surface area contributed by atoms with Crippen LogP contribution in [0.5, 0.6) is 0 Å². The second-order valence-corrected chi connectivity index (χ2v) is 20.7. The molecule has 6 rings (SSSR count). The molecule has 2 aliphatic carbocycles. The van der Waals surface area contributed by atoms with E-state index in [1.807, 2.05) is 24.3 Å². The van der Waals surface area contributed by atoms with Crippen molar-refractivity contribution >= 4 is 40.8 Å². The van der Waals surface area contributed by atoms with E-state index in [0.29, 0.717) is 11.8 Å². The summed E-state index contributed by atoms with van der Waals surface area (Å²) in [6.45, 7) is 8.90. The molecular weight excluding hydrogens is 694 g/mol. The molecule has 0 saturated heterocycles. The Balaban J connectivity index is 0.000000250. The quantitative estimate of drug-likeness (QED) is 0.203. The van der Waals surface area contributed by atoms with Crippen LogP contribution in [-0.2, 0) is 23.3 Å². The minimum absolute atomic E-state index is 0.